The molecule has 1 aromatic rings. The van der Waals surface area contributed by atoms with Crippen molar-refractivity contribution in [3.05, 3.63) is 30.3 Å². The van der Waals surface area contributed by atoms with E-state index >= 15 is 0 Å². The molecule has 1 atom stereocenters. The van der Waals surface area contributed by atoms with Gasteiger partial charge in [-0.25, -0.2) is 0 Å². The van der Waals surface area contributed by atoms with Crippen molar-refractivity contribution in [3.63, 3.8) is 0 Å². The molecule has 1 rings (SSSR count). The van der Waals surface area contributed by atoms with Crippen LogP contribution in [0, 0.1) is 0 Å². The van der Waals surface area contributed by atoms with Gasteiger partial charge in [0.1, 0.15) is 5.75 Å². The first kappa shape index (κ1) is 13.2. The molecule has 0 aliphatic heterocycles. The van der Waals surface area contributed by atoms with Crippen LogP contribution in [0.2, 0.25) is 0 Å². The molecule has 0 spiro atoms. The average molecular weight is 241 g/mol. The van der Waals surface area contributed by atoms with E-state index in [-0.39, 0.29) is 5.54 Å². The number of rotatable bonds is 6. The van der Waals surface area contributed by atoms with E-state index in [1.807, 2.05) is 44.2 Å². The van der Waals surface area contributed by atoms with Gasteiger partial charge >= 0.3 is 0 Å². The lowest BCUT2D eigenvalue weighted by atomic mass is 10.1. The molecule has 4 heteroatoms. The van der Waals surface area contributed by atoms with Gasteiger partial charge in [0.2, 0.25) is 0 Å². The third kappa shape index (κ3) is 5.88. The zero-order chi connectivity index (χ0) is 12.0. The Bertz CT molecular complexity index is 333. The Balaban J connectivity index is 2.24. The molecule has 0 bridgehead atoms. The van der Waals surface area contributed by atoms with E-state index in [2.05, 4.69) is 0 Å². The molecular weight excluding hydrogens is 222 g/mol. The zero-order valence-electron chi connectivity index (χ0n) is 9.81. The molecule has 90 valence electrons. The van der Waals surface area contributed by atoms with Crippen molar-refractivity contribution in [2.45, 2.75) is 19.4 Å². The van der Waals surface area contributed by atoms with E-state index in [1.165, 1.54) is 0 Å². The fraction of sp³-hybridized carbons (Fsp3) is 0.500. The number of para-hydroxylation sites is 1. The van der Waals surface area contributed by atoms with Crippen molar-refractivity contribution >= 4 is 10.8 Å². The first-order valence-electron chi connectivity index (χ1n) is 5.29. The van der Waals surface area contributed by atoms with Crippen LogP contribution in [0.15, 0.2) is 30.3 Å². The van der Waals surface area contributed by atoms with E-state index < -0.39 is 10.8 Å². The molecular formula is C12H19NO2S. The van der Waals surface area contributed by atoms with Crippen molar-refractivity contribution < 1.29 is 8.95 Å². The molecule has 3 nitrogen and oxygen atoms in total. The average Bonchev–Trinajstić information content (AvgIpc) is 2.16. The third-order valence-electron chi connectivity index (χ3n) is 1.86. The minimum absolute atomic E-state index is 0.377. The molecule has 2 N–H and O–H groups in total. The number of ether oxygens (including phenoxy) is 1. The van der Waals surface area contributed by atoms with Crippen molar-refractivity contribution in [2.24, 2.45) is 5.73 Å². The van der Waals surface area contributed by atoms with Crippen LogP contribution in [-0.2, 0) is 10.8 Å². The quantitative estimate of drug-likeness (QED) is 0.822. The highest BCUT2D eigenvalue weighted by molar-refractivity contribution is 7.85. The summed E-state index contributed by atoms with van der Waals surface area (Å²) in [6.07, 6.45) is 0. The molecule has 0 radical (unpaired) electrons. The Morgan fingerprint density at radius 3 is 2.50 bits per heavy atom. The third-order valence-corrected chi connectivity index (χ3v) is 3.54. The van der Waals surface area contributed by atoms with Gasteiger partial charge in [0.25, 0.3) is 0 Å². The van der Waals surface area contributed by atoms with Crippen molar-refractivity contribution in [2.75, 3.05) is 18.1 Å². The summed E-state index contributed by atoms with van der Waals surface area (Å²) in [4.78, 5) is 0. The largest absolute Gasteiger partial charge is 0.493 e. The summed E-state index contributed by atoms with van der Waals surface area (Å²) in [6, 6.07) is 9.53. The molecule has 1 unspecified atom stereocenters. The van der Waals surface area contributed by atoms with E-state index in [0.717, 1.165) is 5.75 Å². The topological polar surface area (TPSA) is 52.3 Å². The first-order valence-corrected chi connectivity index (χ1v) is 6.78. The number of benzene rings is 1. The maximum Gasteiger partial charge on any atom is 0.119 e. The van der Waals surface area contributed by atoms with Crippen LogP contribution >= 0.6 is 0 Å². The molecule has 1 aromatic carbocycles. The summed E-state index contributed by atoms with van der Waals surface area (Å²) in [5, 5.41) is 0. The Labute approximate surface area is 99.4 Å². The summed E-state index contributed by atoms with van der Waals surface area (Å²) < 4.78 is 17.1. The molecule has 0 aliphatic carbocycles. The summed E-state index contributed by atoms with van der Waals surface area (Å²) in [5.74, 6) is 1.84. The van der Waals surface area contributed by atoms with E-state index in [0.29, 0.717) is 18.1 Å². The van der Waals surface area contributed by atoms with E-state index in [1.54, 1.807) is 0 Å². The number of hydrogen-bond acceptors (Lipinski definition) is 3. The van der Waals surface area contributed by atoms with Gasteiger partial charge in [-0.1, -0.05) is 18.2 Å². The molecule has 0 heterocycles. The van der Waals surface area contributed by atoms with Gasteiger partial charge in [-0.15, -0.1) is 0 Å². The van der Waals surface area contributed by atoms with Crippen LogP contribution in [-0.4, -0.2) is 27.9 Å². The lowest BCUT2D eigenvalue weighted by Crippen LogP contribution is -2.39. The summed E-state index contributed by atoms with van der Waals surface area (Å²) in [6.45, 7) is 4.22. The Kier molecular flexibility index (Phi) is 4.96. The molecule has 0 saturated carbocycles. The predicted octanol–water partition coefficient (Wildman–Crippen LogP) is 1.55. The van der Waals surface area contributed by atoms with Crippen LogP contribution < -0.4 is 10.5 Å². The standard InChI is InChI=1S/C12H19NO2S/c1-12(2,13)10-16(14)9-8-15-11-6-4-3-5-7-11/h3-7H,8-10,13H2,1-2H3. The van der Waals surface area contributed by atoms with Crippen LogP contribution in [0.1, 0.15) is 13.8 Å². The van der Waals surface area contributed by atoms with Gasteiger partial charge in [-0.05, 0) is 26.0 Å². The SMILES string of the molecule is CC(C)(N)CS(=O)CCOc1ccccc1. The Morgan fingerprint density at radius 1 is 1.31 bits per heavy atom. The van der Waals surface area contributed by atoms with Gasteiger partial charge in [0, 0.05) is 22.1 Å². The van der Waals surface area contributed by atoms with Gasteiger partial charge in [-0.3, -0.25) is 4.21 Å². The summed E-state index contributed by atoms with van der Waals surface area (Å²) in [5.41, 5.74) is 5.41. The molecule has 16 heavy (non-hydrogen) atoms. The maximum atomic E-state index is 11.6. The fourth-order valence-corrected chi connectivity index (χ4v) is 2.50. The highest BCUT2D eigenvalue weighted by Gasteiger charge is 2.14. The van der Waals surface area contributed by atoms with Gasteiger partial charge in [0.15, 0.2) is 0 Å². The molecule has 0 fully saturated rings. The number of nitrogens with two attached hydrogens (primary N) is 1. The zero-order valence-corrected chi connectivity index (χ0v) is 10.6. The van der Waals surface area contributed by atoms with Gasteiger partial charge in [0.05, 0.1) is 12.4 Å². The lowest BCUT2D eigenvalue weighted by molar-refractivity contribution is 0.342. The van der Waals surface area contributed by atoms with Gasteiger partial charge < -0.3 is 10.5 Å². The molecule has 0 aromatic heterocycles. The van der Waals surface area contributed by atoms with Crippen LogP contribution in [0.25, 0.3) is 0 Å². The van der Waals surface area contributed by atoms with Crippen LogP contribution in [0.3, 0.4) is 0 Å². The van der Waals surface area contributed by atoms with E-state index in [4.69, 9.17) is 10.5 Å². The monoisotopic (exact) mass is 241 g/mol. The highest BCUT2D eigenvalue weighted by atomic mass is 32.2. The minimum atomic E-state index is -0.913. The summed E-state index contributed by atoms with van der Waals surface area (Å²) >= 11 is 0. The smallest absolute Gasteiger partial charge is 0.119 e. The molecule has 0 saturated heterocycles. The second-order valence-electron chi connectivity index (χ2n) is 4.44. The predicted molar refractivity (Wildman–Crippen MR) is 68.1 cm³/mol. The normalized spacial score (nSPS) is 13.4. The minimum Gasteiger partial charge on any atom is -0.493 e. The maximum absolute atomic E-state index is 11.6. The second kappa shape index (κ2) is 6.01. The Morgan fingerprint density at radius 2 is 1.94 bits per heavy atom. The van der Waals surface area contributed by atoms with Crippen molar-refractivity contribution in [1.82, 2.24) is 0 Å². The molecule has 0 amide bonds. The summed E-state index contributed by atoms with van der Waals surface area (Å²) in [7, 11) is -0.913. The molecule has 0 aliphatic rings. The van der Waals surface area contributed by atoms with Crippen LogP contribution in [0.5, 0.6) is 5.75 Å². The second-order valence-corrected chi connectivity index (χ2v) is 6.01. The Hall–Kier alpha value is -0.870. The van der Waals surface area contributed by atoms with Crippen molar-refractivity contribution in [1.29, 1.82) is 0 Å². The number of hydrogen-bond donors (Lipinski definition) is 1. The van der Waals surface area contributed by atoms with Gasteiger partial charge in [-0.2, -0.15) is 0 Å². The van der Waals surface area contributed by atoms with Crippen LogP contribution in [0.4, 0.5) is 0 Å². The lowest BCUT2D eigenvalue weighted by Gasteiger charge is -2.17. The first-order chi connectivity index (χ1) is 7.47. The van der Waals surface area contributed by atoms with E-state index in [9.17, 15) is 4.21 Å². The fourth-order valence-electron chi connectivity index (χ4n) is 1.26. The van der Waals surface area contributed by atoms with Crippen molar-refractivity contribution in [3.8, 4) is 5.75 Å². The highest BCUT2D eigenvalue weighted by Crippen LogP contribution is 2.08.